The summed E-state index contributed by atoms with van der Waals surface area (Å²) in [7, 11) is 0. The molecule has 2 heterocycles. The summed E-state index contributed by atoms with van der Waals surface area (Å²) in [5.41, 5.74) is 2.72. The second-order valence-corrected chi connectivity index (χ2v) is 6.19. The molecule has 0 saturated carbocycles. The van der Waals surface area contributed by atoms with Gasteiger partial charge in [-0.25, -0.2) is 0 Å². The summed E-state index contributed by atoms with van der Waals surface area (Å²) >= 11 is 0. The minimum absolute atomic E-state index is 0.0188. The Labute approximate surface area is 131 Å². The lowest BCUT2D eigenvalue weighted by Crippen LogP contribution is -2.38. The first-order valence-electron chi connectivity index (χ1n) is 8.05. The van der Waals surface area contributed by atoms with Crippen LogP contribution in [0.15, 0.2) is 18.2 Å². The van der Waals surface area contributed by atoms with Gasteiger partial charge < -0.3 is 15.5 Å². The number of rotatable bonds is 3. The van der Waals surface area contributed by atoms with Gasteiger partial charge >= 0.3 is 0 Å². The van der Waals surface area contributed by atoms with E-state index in [4.69, 9.17) is 0 Å². The van der Waals surface area contributed by atoms with Gasteiger partial charge in [-0.05, 0) is 62.0 Å². The highest BCUT2D eigenvalue weighted by atomic mass is 16.2. The van der Waals surface area contributed by atoms with Gasteiger partial charge in [-0.15, -0.1) is 0 Å². The summed E-state index contributed by atoms with van der Waals surface area (Å²) in [6, 6.07) is 5.63. The van der Waals surface area contributed by atoms with E-state index in [1.807, 2.05) is 18.2 Å². The fourth-order valence-electron chi connectivity index (χ4n) is 3.31. The average Bonchev–Trinajstić information content (AvgIpc) is 2.97. The molecule has 3 rings (SSSR count). The largest absolute Gasteiger partial charge is 0.352 e. The van der Waals surface area contributed by atoms with Crippen LogP contribution >= 0.6 is 0 Å². The molecule has 0 aliphatic carbocycles. The van der Waals surface area contributed by atoms with Crippen molar-refractivity contribution in [2.45, 2.75) is 26.2 Å². The summed E-state index contributed by atoms with van der Waals surface area (Å²) in [6.45, 7) is 5.08. The molecule has 118 valence electrons. The molecule has 1 saturated heterocycles. The molecule has 5 nitrogen and oxygen atoms in total. The van der Waals surface area contributed by atoms with Crippen LogP contribution in [0.1, 0.15) is 35.7 Å². The van der Waals surface area contributed by atoms with Crippen LogP contribution in [0.5, 0.6) is 0 Å². The van der Waals surface area contributed by atoms with Crippen LogP contribution < -0.4 is 15.5 Å². The van der Waals surface area contributed by atoms with Gasteiger partial charge in [0.15, 0.2) is 0 Å². The molecule has 1 aromatic rings. The lowest BCUT2D eigenvalue weighted by atomic mass is 9.99. The number of anilines is 1. The number of carbonyl (C=O) groups excluding carboxylic acids is 2. The predicted octanol–water partition coefficient (Wildman–Crippen LogP) is 1.32. The summed E-state index contributed by atoms with van der Waals surface area (Å²) in [6.07, 6.45) is 3.17. The first kappa shape index (κ1) is 15.0. The minimum atomic E-state index is -0.0188. The Kier molecular flexibility index (Phi) is 4.43. The van der Waals surface area contributed by atoms with Crippen molar-refractivity contribution in [3.05, 3.63) is 29.3 Å². The van der Waals surface area contributed by atoms with E-state index in [-0.39, 0.29) is 11.8 Å². The Morgan fingerprint density at radius 2 is 2.27 bits per heavy atom. The monoisotopic (exact) mass is 301 g/mol. The zero-order valence-corrected chi connectivity index (χ0v) is 13.0. The topological polar surface area (TPSA) is 61.4 Å². The molecule has 5 heteroatoms. The number of hydrogen-bond acceptors (Lipinski definition) is 3. The molecule has 1 fully saturated rings. The molecular formula is C17H23N3O2. The normalized spacial score (nSPS) is 20.6. The Morgan fingerprint density at radius 1 is 1.41 bits per heavy atom. The Hall–Kier alpha value is -1.88. The maximum absolute atomic E-state index is 12.3. The second kappa shape index (κ2) is 6.48. The van der Waals surface area contributed by atoms with E-state index in [9.17, 15) is 9.59 Å². The number of piperidine rings is 1. The van der Waals surface area contributed by atoms with E-state index in [2.05, 4.69) is 10.6 Å². The van der Waals surface area contributed by atoms with Crippen LogP contribution in [-0.4, -0.2) is 38.0 Å². The van der Waals surface area contributed by atoms with Gasteiger partial charge in [0.25, 0.3) is 5.91 Å². The van der Waals surface area contributed by atoms with Crippen LogP contribution in [0.3, 0.4) is 0 Å². The third-order valence-electron chi connectivity index (χ3n) is 4.57. The van der Waals surface area contributed by atoms with Crippen molar-refractivity contribution < 1.29 is 9.59 Å². The molecule has 2 aliphatic rings. The van der Waals surface area contributed by atoms with E-state index in [0.29, 0.717) is 18.0 Å². The van der Waals surface area contributed by atoms with Crippen LogP contribution in [-0.2, 0) is 11.2 Å². The third-order valence-corrected chi connectivity index (χ3v) is 4.57. The lowest BCUT2D eigenvalue weighted by molar-refractivity contribution is -0.116. The number of nitrogens with one attached hydrogen (secondary N) is 2. The Bertz CT molecular complexity index is 579. The molecule has 1 atom stereocenters. The highest BCUT2D eigenvalue weighted by Crippen LogP contribution is 2.28. The van der Waals surface area contributed by atoms with Crippen molar-refractivity contribution in [2.24, 2.45) is 5.92 Å². The molecule has 0 aromatic heterocycles. The highest BCUT2D eigenvalue weighted by molar-refractivity contribution is 5.97. The highest BCUT2D eigenvalue weighted by Gasteiger charge is 2.23. The van der Waals surface area contributed by atoms with Gasteiger partial charge in [0.05, 0.1) is 0 Å². The van der Waals surface area contributed by atoms with Crippen LogP contribution in [0, 0.1) is 5.92 Å². The van der Waals surface area contributed by atoms with E-state index in [0.717, 1.165) is 37.3 Å². The molecule has 2 N–H and O–H groups in total. The van der Waals surface area contributed by atoms with E-state index < -0.39 is 0 Å². The summed E-state index contributed by atoms with van der Waals surface area (Å²) < 4.78 is 0. The van der Waals surface area contributed by atoms with Crippen LogP contribution in [0.25, 0.3) is 0 Å². The minimum Gasteiger partial charge on any atom is -0.352 e. The maximum atomic E-state index is 12.3. The molecule has 0 spiro atoms. The van der Waals surface area contributed by atoms with Crippen molar-refractivity contribution in [1.29, 1.82) is 0 Å². The van der Waals surface area contributed by atoms with Crippen molar-refractivity contribution in [3.63, 3.8) is 0 Å². The molecule has 2 amide bonds. The van der Waals surface area contributed by atoms with Crippen LogP contribution in [0.4, 0.5) is 5.69 Å². The number of hydrogen-bond donors (Lipinski definition) is 2. The van der Waals surface area contributed by atoms with Gasteiger partial charge in [0, 0.05) is 31.3 Å². The van der Waals surface area contributed by atoms with Crippen LogP contribution in [0.2, 0.25) is 0 Å². The number of benzene rings is 1. The average molecular weight is 301 g/mol. The fraction of sp³-hybridized carbons (Fsp3) is 0.529. The SMILES string of the molecule is CC(=O)N1CCc2cc(C(=O)NCC3CCCNC3)ccc21. The molecule has 1 aromatic carbocycles. The lowest BCUT2D eigenvalue weighted by Gasteiger charge is -2.23. The van der Waals surface area contributed by atoms with E-state index in [1.165, 1.54) is 12.8 Å². The first-order chi connectivity index (χ1) is 10.6. The van der Waals surface area contributed by atoms with Gasteiger partial charge in [-0.2, -0.15) is 0 Å². The second-order valence-electron chi connectivity index (χ2n) is 6.19. The molecule has 0 bridgehead atoms. The molecule has 1 unspecified atom stereocenters. The van der Waals surface area contributed by atoms with E-state index in [1.54, 1.807) is 11.8 Å². The van der Waals surface area contributed by atoms with Crippen molar-refractivity contribution >= 4 is 17.5 Å². The zero-order valence-electron chi connectivity index (χ0n) is 13.0. The summed E-state index contributed by atoms with van der Waals surface area (Å²) in [4.78, 5) is 25.6. The van der Waals surface area contributed by atoms with Gasteiger partial charge in [0.1, 0.15) is 0 Å². The smallest absolute Gasteiger partial charge is 0.251 e. The Balaban J connectivity index is 1.63. The van der Waals surface area contributed by atoms with Crippen molar-refractivity contribution in [1.82, 2.24) is 10.6 Å². The van der Waals surface area contributed by atoms with Crippen molar-refractivity contribution in [2.75, 3.05) is 31.1 Å². The van der Waals surface area contributed by atoms with Gasteiger partial charge in [-0.1, -0.05) is 0 Å². The summed E-state index contributed by atoms with van der Waals surface area (Å²) in [5.74, 6) is 0.565. The number of nitrogens with zero attached hydrogens (tertiary/aromatic N) is 1. The van der Waals surface area contributed by atoms with Gasteiger partial charge in [0.2, 0.25) is 5.91 Å². The number of fused-ring (bicyclic) bond motifs is 1. The quantitative estimate of drug-likeness (QED) is 0.885. The first-order valence-corrected chi connectivity index (χ1v) is 8.05. The van der Waals surface area contributed by atoms with Crippen molar-refractivity contribution in [3.8, 4) is 0 Å². The predicted molar refractivity (Wildman–Crippen MR) is 86.1 cm³/mol. The fourth-order valence-corrected chi connectivity index (χ4v) is 3.31. The third kappa shape index (κ3) is 3.14. The van der Waals surface area contributed by atoms with Gasteiger partial charge in [-0.3, -0.25) is 9.59 Å². The molecular weight excluding hydrogens is 278 g/mol. The molecule has 0 radical (unpaired) electrons. The standard InChI is InChI=1S/C17H23N3O2/c1-12(21)20-8-6-14-9-15(4-5-16(14)20)17(22)19-11-13-3-2-7-18-10-13/h4-5,9,13,18H,2-3,6-8,10-11H2,1H3,(H,19,22). The Morgan fingerprint density at radius 3 is 3.00 bits per heavy atom. The number of carbonyl (C=O) groups is 2. The zero-order chi connectivity index (χ0) is 15.5. The van der Waals surface area contributed by atoms with E-state index >= 15 is 0 Å². The molecule has 2 aliphatic heterocycles. The summed E-state index contributed by atoms with van der Waals surface area (Å²) in [5, 5.41) is 6.39. The molecule has 22 heavy (non-hydrogen) atoms. The number of amides is 2. The maximum Gasteiger partial charge on any atom is 0.251 e.